The van der Waals surface area contributed by atoms with Crippen molar-refractivity contribution in [2.24, 2.45) is 23.2 Å². The number of amides is 1. The van der Waals surface area contributed by atoms with Crippen LogP contribution in [0, 0.1) is 23.2 Å². The molecule has 0 heterocycles. The van der Waals surface area contributed by atoms with E-state index in [1.54, 1.807) is 0 Å². The molecule has 2 fully saturated rings. The van der Waals surface area contributed by atoms with E-state index in [9.17, 15) is 4.79 Å². The summed E-state index contributed by atoms with van der Waals surface area (Å²) in [5.41, 5.74) is 0.422. The van der Waals surface area contributed by atoms with Gasteiger partial charge in [0.05, 0.1) is 0 Å². The van der Waals surface area contributed by atoms with Crippen molar-refractivity contribution in [3.63, 3.8) is 0 Å². The zero-order valence-corrected chi connectivity index (χ0v) is 14.7. The Labute approximate surface area is 131 Å². The maximum Gasteiger partial charge on any atom is 0.225 e. The van der Waals surface area contributed by atoms with Crippen LogP contribution in [0.15, 0.2) is 0 Å². The Morgan fingerprint density at radius 1 is 1.24 bits per heavy atom. The number of carbonyl (C=O) groups excluding carboxylic acids is 1. The summed E-state index contributed by atoms with van der Waals surface area (Å²) >= 11 is 0. The van der Waals surface area contributed by atoms with Gasteiger partial charge in [-0.1, -0.05) is 53.4 Å². The minimum Gasteiger partial charge on any atom is -0.342 e. The molecule has 0 radical (unpaired) electrons. The molecule has 0 saturated heterocycles. The highest BCUT2D eigenvalue weighted by atomic mass is 16.2. The third kappa shape index (κ3) is 5.00. The van der Waals surface area contributed by atoms with Gasteiger partial charge in [-0.05, 0) is 42.9 Å². The zero-order chi connectivity index (χ0) is 15.5. The Morgan fingerprint density at radius 2 is 1.95 bits per heavy atom. The van der Waals surface area contributed by atoms with Crippen LogP contribution in [0.25, 0.3) is 0 Å². The molecule has 0 spiro atoms. The van der Waals surface area contributed by atoms with E-state index in [1.807, 2.05) is 0 Å². The van der Waals surface area contributed by atoms with Crippen LogP contribution < -0.4 is 0 Å². The molecule has 21 heavy (non-hydrogen) atoms. The lowest BCUT2D eigenvalue weighted by molar-refractivity contribution is -0.134. The predicted molar refractivity (Wildman–Crippen MR) is 89.1 cm³/mol. The lowest BCUT2D eigenvalue weighted by Gasteiger charge is -2.28. The highest BCUT2D eigenvalue weighted by Crippen LogP contribution is 2.55. The number of carbonyl (C=O) groups is 1. The Morgan fingerprint density at radius 3 is 2.52 bits per heavy atom. The van der Waals surface area contributed by atoms with E-state index in [0.29, 0.717) is 23.2 Å². The first-order valence-electron chi connectivity index (χ1n) is 9.25. The monoisotopic (exact) mass is 293 g/mol. The predicted octanol–water partition coefficient (Wildman–Crippen LogP) is 4.88. The standard InChI is InChI=1S/C19H35NO/c1-5-6-7-8-9-17-12-19(17,4)14-20(13-15(2)3)18(21)16-10-11-16/h15-17H,5-14H2,1-4H3. The van der Waals surface area contributed by atoms with Crippen molar-refractivity contribution in [1.29, 1.82) is 0 Å². The van der Waals surface area contributed by atoms with E-state index < -0.39 is 0 Å². The Bertz CT molecular complexity index is 347. The van der Waals surface area contributed by atoms with Crippen molar-refractivity contribution in [3.8, 4) is 0 Å². The van der Waals surface area contributed by atoms with Gasteiger partial charge in [0.25, 0.3) is 0 Å². The summed E-state index contributed by atoms with van der Waals surface area (Å²) in [5.74, 6) is 2.27. The van der Waals surface area contributed by atoms with Gasteiger partial charge in [0, 0.05) is 19.0 Å². The first kappa shape index (κ1) is 16.8. The molecule has 0 aromatic rings. The van der Waals surface area contributed by atoms with Crippen molar-refractivity contribution in [2.45, 2.75) is 79.1 Å². The molecule has 2 heteroatoms. The second-order valence-electron chi connectivity index (χ2n) is 8.29. The number of hydrogen-bond acceptors (Lipinski definition) is 1. The fourth-order valence-electron chi connectivity index (χ4n) is 3.66. The van der Waals surface area contributed by atoms with Gasteiger partial charge in [-0.15, -0.1) is 0 Å². The minimum absolute atomic E-state index is 0.370. The molecule has 2 aliphatic rings. The molecule has 0 aromatic heterocycles. The molecule has 0 N–H and O–H groups in total. The van der Waals surface area contributed by atoms with Crippen LogP contribution in [0.3, 0.4) is 0 Å². The Hall–Kier alpha value is -0.530. The van der Waals surface area contributed by atoms with E-state index in [1.165, 1.54) is 38.5 Å². The smallest absolute Gasteiger partial charge is 0.225 e. The summed E-state index contributed by atoms with van der Waals surface area (Å²) in [7, 11) is 0. The second kappa shape index (κ2) is 7.15. The van der Waals surface area contributed by atoms with Gasteiger partial charge in [-0.25, -0.2) is 0 Å². The van der Waals surface area contributed by atoms with Gasteiger partial charge in [0.2, 0.25) is 5.91 Å². The largest absolute Gasteiger partial charge is 0.342 e. The van der Waals surface area contributed by atoms with E-state index in [0.717, 1.165) is 31.8 Å². The normalized spacial score (nSPS) is 28.0. The first-order chi connectivity index (χ1) is 9.96. The SMILES string of the molecule is CCCCCCC1CC1(C)CN(CC(C)C)C(=O)C1CC1. The third-order valence-corrected chi connectivity index (χ3v) is 5.32. The molecule has 122 valence electrons. The van der Waals surface area contributed by atoms with Gasteiger partial charge in [-0.3, -0.25) is 4.79 Å². The molecular weight excluding hydrogens is 258 g/mol. The van der Waals surface area contributed by atoms with Crippen LogP contribution in [-0.2, 0) is 4.79 Å². The lowest BCUT2D eigenvalue weighted by atomic mass is 10.0. The molecule has 0 bridgehead atoms. The number of rotatable bonds is 10. The average Bonchev–Trinajstić information content (AvgIpc) is 3.30. The molecule has 0 aromatic carbocycles. The van der Waals surface area contributed by atoms with Crippen LogP contribution in [-0.4, -0.2) is 23.9 Å². The van der Waals surface area contributed by atoms with Crippen molar-refractivity contribution in [3.05, 3.63) is 0 Å². The maximum absolute atomic E-state index is 12.5. The average molecular weight is 293 g/mol. The van der Waals surface area contributed by atoms with E-state index in [2.05, 4.69) is 32.6 Å². The number of nitrogens with zero attached hydrogens (tertiary/aromatic N) is 1. The highest BCUT2D eigenvalue weighted by Gasteiger charge is 2.51. The van der Waals surface area contributed by atoms with Gasteiger partial charge in [0.1, 0.15) is 0 Å². The molecular formula is C19H35NO. The Kier molecular flexibility index (Phi) is 5.73. The lowest BCUT2D eigenvalue weighted by Crippen LogP contribution is -2.39. The van der Waals surface area contributed by atoms with Crippen LogP contribution in [0.4, 0.5) is 0 Å². The summed E-state index contributed by atoms with van der Waals surface area (Å²) in [4.78, 5) is 14.7. The minimum atomic E-state index is 0.370. The molecule has 2 nitrogen and oxygen atoms in total. The van der Waals surface area contributed by atoms with E-state index in [4.69, 9.17) is 0 Å². The van der Waals surface area contributed by atoms with Crippen molar-refractivity contribution >= 4 is 5.91 Å². The van der Waals surface area contributed by atoms with Crippen LogP contribution in [0.5, 0.6) is 0 Å². The van der Waals surface area contributed by atoms with Crippen LogP contribution in [0.2, 0.25) is 0 Å². The van der Waals surface area contributed by atoms with Gasteiger partial charge in [-0.2, -0.15) is 0 Å². The van der Waals surface area contributed by atoms with Crippen molar-refractivity contribution < 1.29 is 4.79 Å². The van der Waals surface area contributed by atoms with E-state index in [-0.39, 0.29) is 0 Å². The zero-order valence-electron chi connectivity index (χ0n) is 14.7. The van der Waals surface area contributed by atoms with Crippen LogP contribution >= 0.6 is 0 Å². The van der Waals surface area contributed by atoms with Crippen LogP contribution in [0.1, 0.15) is 79.1 Å². The van der Waals surface area contributed by atoms with Crippen molar-refractivity contribution in [1.82, 2.24) is 4.90 Å². The fourth-order valence-corrected chi connectivity index (χ4v) is 3.66. The summed E-state index contributed by atoms with van der Waals surface area (Å²) < 4.78 is 0. The second-order valence-corrected chi connectivity index (χ2v) is 8.29. The maximum atomic E-state index is 12.5. The molecule has 2 unspecified atom stereocenters. The first-order valence-corrected chi connectivity index (χ1v) is 9.25. The fraction of sp³-hybridized carbons (Fsp3) is 0.947. The van der Waals surface area contributed by atoms with Gasteiger partial charge < -0.3 is 4.90 Å². The van der Waals surface area contributed by atoms with E-state index >= 15 is 0 Å². The van der Waals surface area contributed by atoms with Gasteiger partial charge >= 0.3 is 0 Å². The topological polar surface area (TPSA) is 20.3 Å². The number of hydrogen-bond donors (Lipinski definition) is 0. The molecule has 2 atom stereocenters. The summed E-state index contributed by atoms with van der Waals surface area (Å²) in [6.45, 7) is 11.1. The molecule has 2 aliphatic carbocycles. The summed E-state index contributed by atoms with van der Waals surface area (Å²) in [5, 5.41) is 0. The Balaban J connectivity index is 1.78. The third-order valence-electron chi connectivity index (χ3n) is 5.32. The quantitative estimate of drug-likeness (QED) is 0.526. The molecule has 2 saturated carbocycles. The number of unbranched alkanes of at least 4 members (excludes halogenated alkanes) is 3. The highest BCUT2D eigenvalue weighted by molar-refractivity contribution is 5.81. The molecule has 1 amide bonds. The summed E-state index contributed by atoms with van der Waals surface area (Å²) in [6.07, 6.45) is 10.4. The van der Waals surface area contributed by atoms with Crippen molar-refractivity contribution in [2.75, 3.05) is 13.1 Å². The molecule has 0 aliphatic heterocycles. The molecule has 2 rings (SSSR count). The summed E-state index contributed by atoms with van der Waals surface area (Å²) in [6, 6.07) is 0. The van der Waals surface area contributed by atoms with Gasteiger partial charge in [0.15, 0.2) is 0 Å².